The number of carbonyl (C=O) groups excluding carboxylic acids is 2. The van der Waals surface area contributed by atoms with E-state index in [1.54, 1.807) is 36.9 Å². The lowest BCUT2D eigenvalue weighted by molar-refractivity contribution is -0.134. The number of aromatic nitrogens is 2. The minimum atomic E-state index is 0.0349. The molecule has 3 saturated heterocycles. The highest BCUT2D eigenvalue weighted by Gasteiger charge is 2.38. The molecule has 2 atom stereocenters. The molecule has 6 nitrogen and oxygen atoms in total. The summed E-state index contributed by atoms with van der Waals surface area (Å²) in [5, 5.41) is 0. The lowest BCUT2D eigenvalue weighted by Crippen LogP contribution is -2.48. The van der Waals surface area contributed by atoms with Crippen molar-refractivity contribution >= 4 is 11.8 Å². The first-order chi connectivity index (χ1) is 12.7. The van der Waals surface area contributed by atoms with Crippen LogP contribution in [-0.2, 0) is 11.2 Å². The van der Waals surface area contributed by atoms with Gasteiger partial charge in [-0.2, -0.15) is 0 Å². The summed E-state index contributed by atoms with van der Waals surface area (Å²) < 4.78 is 0. The second-order valence-corrected chi connectivity index (χ2v) is 7.12. The van der Waals surface area contributed by atoms with Crippen molar-refractivity contribution in [3.05, 3.63) is 60.2 Å². The Balaban J connectivity index is 1.48. The zero-order valence-electron chi connectivity index (χ0n) is 14.6. The van der Waals surface area contributed by atoms with Crippen LogP contribution in [0, 0.1) is 5.92 Å². The molecule has 3 aliphatic rings. The summed E-state index contributed by atoms with van der Waals surface area (Å²) in [6.07, 6.45) is 9.15. The van der Waals surface area contributed by atoms with Crippen LogP contribution in [0.3, 0.4) is 0 Å². The summed E-state index contributed by atoms with van der Waals surface area (Å²) in [5.74, 6) is 0.526. The molecule has 3 fully saturated rings. The molecule has 0 saturated carbocycles. The van der Waals surface area contributed by atoms with Gasteiger partial charge in [0.2, 0.25) is 5.91 Å². The molecule has 2 bridgehead atoms. The first kappa shape index (κ1) is 16.7. The fourth-order valence-electron chi connectivity index (χ4n) is 4.01. The number of carbonyl (C=O) groups is 2. The molecular weight excluding hydrogens is 328 g/mol. The van der Waals surface area contributed by atoms with Gasteiger partial charge in [0.1, 0.15) is 0 Å². The summed E-state index contributed by atoms with van der Waals surface area (Å²) in [6.45, 7) is 2.07. The van der Waals surface area contributed by atoms with Crippen LogP contribution >= 0.6 is 0 Å². The van der Waals surface area contributed by atoms with Gasteiger partial charge in [-0.15, -0.1) is 0 Å². The molecule has 0 radical (unpaired) electrons. The Kier molecular flexibility index (Phi) is 4.65. The third-order valence-electron chi connectivity index (χ3n) is 5.35. The molecular formula is C20H22N4O2. The van der Waals surface area contributed by atoms with Crippen molar-refractivity contribution in [1.82, 2.24) is 19.8 Å². The molecule has 6 heteroatoms. The van der Waals surface area contributed by atoms with E-state index in [9.17, 15) is 9.59 Å². The minimum absolute atomic E-state index is 0.0349. The van der Waals surface area contributed by atoms with Gasteiger partial charge in [-0.05, 0) is 48.6 Å². The largest absolute Gasteiger partial charge is 0.337 e. The molecule has 5 heterocycles. The van der Waals surface area contributed by atoms with E-state index >= 15 is 0 Å². The second kappa shape index (κ2) is 7.23. The van der Waals surface area contributed by atoms with Crippen LogP contribution in [-0.4, -0.2) is 57.3 Å². The van der Waals surface area contributed by atoms with E-state index in [0.717, 1.165) is 31.5 Å². The predicted octanol–water partition coefficient (Wildman–Crippen LogP) is 1.78. The molecule has 0 spiro atoms. The van der Waals surface area contributed by atoms with Gasteiger partial charge in [0, 0.05) is 56.0 Å². The fraction of sp³-hybridized carbons (Fsp3) is 0.400. The fourth-order valence-corrected chi connectivity index (χ4v) is 4.01. The third-order valence-corrected chi connectivity index (χ3v) is 5.35. The summed E-state index contributed by atoms with van der Waals surface area (Å²) in [7, 11) is 0. The average molecular weight is 350 g/mol. The second-order valence-electron chi connectivity index (χ2n) is 7.12. The highest BCUT2D eigenvalue weighted by molar-refractivity contribution is 5.94. The summed E-state index contributed by atoms with van der Waals surface area (Å²) in [4.78, 5) is 37.6. The lowest BCUT2D eigenvalue weighted by atomic mass is 9.94. The molecule has 5 rings (SSSR count). The van der Waals surface area contributed by atoms with Crippen LogP contribution in [0.15, 0.2) is 49.1 Å². The number of nitrogens with zero attached hydrogens (tertiary/aromatic N) is 4. The van der Waals surface area contributed by atoms with Crippen LogP contribution in [0.4, 0.5) is 0 Å². The van der Waals surface area contributed by atoms with Crippen LogP contribution in [0.2, 0.25) is 0 Å². The number of fused-ring (bicyclic) bond motifs is 4. The Morgan fingerprint density at radius 3 is 2.35 bits per heavy atom. The van der Waals surface area contributed by atoms with E-state index in [2.05, 4.69) is 9.97 Å². The van der Waals surface area contributed by atoms with Crippen molar-refractivity contribution in [3.63, 3.8) is 0 Å². The molecule has 2 amide bonds. The van der Waals surface area contributed by atoms with Gasteiger partial charge in [0.25, 0.3) is 5.91 Å². The summed E-state index contributed by atoms with van der Waals surface area (Å²) in [5.41, 5.74) is 1.64. The maximum atomic E-state index is 12.9. The normalized spacial score (nSPS) is 22.2. The van der Waals surface area contributed by atoms with Gasteiger partial charge >= 0.3 is 0 Å². The van der Waals surface area contributed by atoms with E-state index < -0.39 is 0 Å². The molecule has 134 valence electrons. The van der Waals surface area contributed by atoms with Gasteiger partial charge in [-0.1, -0.05) is 0 Å². The van der Waals surface area contributed by atoms with Crippen LogP contribution < -0.4 is 0 Å². The smallest absolute Gasteiger partial charge is 0.254 e. The van der Waals surface area contributed by atoms with Crippen molar-refractivity contribution < 1.29 is 9.59 Å². The quantitative estimate of drug-likeness (QED) is 0.846. The Bertz CT molecular complexity index is 781. The molecule has 2 aromatic heterocycles. The number of rotatable bonds is 3. The highest BCUT2D eigenvalue weighted by Crippen LogP contribution is 2.29. The highest BCUT2D eigenvalue weighted by atomic mass is 16.2. The van der Waals surface area contributed by atoms with Crippen molar-refractivity contribution in [3.8, 4) is 0 Å². The van der Waals surface area contributed by atoms with Gasteiger partial charge in [0.15, 0.2) is 0 Å². The van der Waals surface area contributed by atoms with E-state index in [0.29, 0.717) is 24.4 Å². The minimum Gasteiger partial charge on any atom is -0.337 e. The molecule has 0 aromatic carbocycles. The Morgan fingerprint density at radius 2 is 1.62 bits per heavy atom. The number of pyridine rings is 2. The van der Waals surface area contributed by atoms with Crippen molar-refractivity contribution in [1.29, 1.82) is 0 Å². The Labute approximate surface area is 152 Å². The van der Waals surface area contributed by atoms with Gasteiger partial charge < -0.3 is 9.80 Å². The number of piperidine rings is 1. The molecule has 26 heavy (non-hydrogen) atoms. The van der Waals surface area contributed by atoms with Crippen LogP contribution in [0.25, 0.3) is 0 Å². The van der Waals surface area contributed by atoms with E-state index in [1.807, 2.05) is 21.9 Å². The first-order valence-corrected chi connectivity index (χ1v) is 9.08. The molecule has 0 N–H and O–H groups in total. The van der Waals surface area contributed by atoms with E-state index in [-0.39, 0.29) is 17.9 Å². The summed E-state index contributed by atoms with van der Waals surface area (Å²) >= 11 is 0. The molecule has 0 unspecified atom stereocenters. The van der Waals surface area contributed by atoms with Crippen LogP contribution in [0.5, 0.6) is 0 Å². The number of hydrogen-bond acceptors (Lipinski definition) is 4. The molecule has 2 aromatic rings. The standard InChI is InChI=1S/C20H22N4O2/c25-19(11-15-3-7-21-8-4-15)24-13-16-1-2-18(24)14-23(12-16)20(26)17-5-9-22-10-6-17/h3-10,16,18H,1-2,11-14H2/t16-,18+/m1/s1. The van der Waals surface area contributed by atoms with Crippen molar-refractivity contribution in [2.24, 2.45) is 5.92 Å². The van der Waals surface area contributed by atoms with Gasteiger partial charge in [-0.25, -0.2) is 0 Å². The number of amides is 2. The predicted molar refractivity (Wildman–Crippen MR) is 96.3 cm³/mol. The third kappa shape index (κ3) is 3.45. The molecule has 0 aliphatic carbocycles. The first-order valence-electron chi connectivity index (χ1n) is 9.08. The average Bonchev–Trinajstić information content (AvgIpc) is 3.01. The van der Waals surface area contributed by atoms with Crippen molar-refractivity contribution in [2.75, 3.05) is 19.6 Å². The Hall–Kier alpha value is -2.76. The molecule has 3 aliphatic heterocycles. The number of hydrogen-bond donors (Lipinski definition) is 0. The van der Waals surface area contributed by atoms with Crippen LogP contribution in [0.1, 0.15) is 28.8 Å². The summed E-state index contributed by atoms with van der Waals surface area (Å²) in [6, 6.07) is 7.37. The van der Waals surface area contributed by atoms with Crippen molar-refractivity contribution in [2.45, 2.75) is 25.3 Å². The zero-order valence-corrected chi connectivity index (χ0v) is 14.6. The zero-order chi connectivity index (χ0) is 17.9. The maximum Gasteiger partial charge on any atom is 0.254 e. The maximum absolute atomic E-state index is 12.9. The van der Waals surface area contributed by atoms with Gasteiger partial charge in [0.05, 0.1) is 6.42 Å². The lowest BCUT2D eigenvalue weighted by Gasteiger charge is -2.36. The van der Waals surface area contributed by atoms with E-state index in [4.69, 9.17) is 0 Å². The monoisotopic (exact) mass is 350 g/mol. The van der Waals surface area contributed by atoms with Gasteiger partial charge in [-0.3, -0.25) is 19.6 Å². The SMILES string of the molecule is O=C(c1ccncc1)N1C[C@H]2CC[C@@H](C1)N(C(=O)Cc1ccncc1)C2. The van der Waals surface area contributed by atoms with E-state index in [1.165, 1.54) is 0 Å². The topological polar surface area (TPSA) is 66.4 Å². The Morgan fingerprint density at radius 1 is 0.923 bits per heavy atom.